The van der Waals surface area contributed by atoms with E-state index in [4.69, 9.17) is 5.11 Å². The fourth-order valence-corrected chi connectivity index (χ4v) is 2.34. The highest BCUT2D eigenvalue weighted by atomic mass is 19.4. The third-order valence-electron chi connectivity index (χ3n) is 3.64. The number of nitrogens with zero attached hydrogens (tertiary/aromatic N) is 1. The van der Waals surface area contributed by atoms with E-state index in [1.54, 1.807) is 0 Å². The first-order valence-electron chi connectivity index (χ1n) is 6.06. The van der Waals surface area contributed by atoms with Crippen molar-refractivity contribution < 1.29 is 33.0 Å². The molecule has 1 unspecified atom stereocenters. The number of carboxylic acid groups (broad SMARTS) is 1. The van der Waals surface area contributed by atoms with E-state index in [0.717, 1.165) is 4.90 Å². The second-order valence-electron chi connectivity index (χ2n) is 4.88. The monoisotopic (exact) mass is 303 g/mol. The fraction of sp³-hybridized carbons (Fsp3) is 0.385. The van der Waals surface area contributed by atoms with E-state index in [9.17, 15) is 27.9 Å². The number of benzene rings is 1. The summed E-state index contributed by atoms with van der Waals surface area (Å²) >= 11 is 0. The van der Waals surface area contributed by atoms with Crippen LogP contribution >= 0.6 is 0 Å². The Morgan fingerprint density at radius 1 is 1.24 bits per heavy atom. The Morgan fingerprint density at radius 3 is 2.33 bits per heavy atom. The maximum absolute atomic E-state index is 13.0. The zero-order chi connectivity index (χ0) is 15.8. The van der Waals surface area contributed by atoms with Crippen molar-refractivity contribution in [3.63, 3.8) is 0 Å². The molecule has 21 heavy (non-hydrogen) atoms. The van der Waals surface area contributed by atoms with Gasteiger partial charge < -0.3 is 15.1 Å². The summed E-state index contributed by atoms with van der Waals surface area (Å²) in [5, 5.41) is 18.5. The van der Waals surface area contributed by atoms with Crippen molar-refractivity contribution in [3.05, 3.63) is 29.8 Å². The Labute approximate surface area is 117 Å². The minimum atomic E-state index is -4.95. The van der Waals surface area contributed by atoms with Crippen LogP contribution < -0.4 is 0 Å². The van der Waals surface area contributed by atoms with Crippen molar-refractivity contribution >= 4 is 11.9 Å². The molecule has 2 rings (SSSR count). The molecule has 114 valence electrons. The van der Waals surface area contributed by atoms with E-state index in [1.165, 1.54) is 24.3 Å². The summed E-state index contributed by atoms with van der Waals surface area (Å²) in [4.78, 5) is 23.9. The number of hydrogen-bond donors (Lipinski definition) is 2. The summed E-state index contributed by atoms with van der Waals surface area (Å²) in [6.45, 7) is -1.29. The molecular weight excluding hydrogens is 291 g/mol. The highest BCUT2D eigenvalue weighted by molar-refractivity contribution is 5.97. The minimum Gasteiger partial charge on any atom is -0.507 e. The average Bonchev–Trinajstić information content (AvgIpc) is 2.84. The standard InChI is InChI=1S/C13H12F3NO4/c14-13(15,16)12(11(20)21)5-6-17(7-12)10(19)8-3-1-2-4-9(8)18/h1-4,18H,5-7H2,(H,20,21). The van der Waals surface area contributed by atoms with Gasteiger partial charge in [0.15, 0.2) is 5.41 Å². The number of aliphatic carboxylic acids is 1. The number of carboxylic acids is 1. The molecule has 1 fully saturated rings. The highest BCUT2D eigenvalue weighted by Gasteiger charge is 2.64. The maximum Gasteiger partial charge on any atom is 0.406 e. The van der Waals surface area contributed by atoms with Crippen LogP contribution in [-0.2, 0) is 4.79 Å². The normalized spacial score (nSPS) is 22.3. The van der Waals surface area contributed by atoms with Gasteiger partial charge in [-0.3, -0.25) is 9.59 Å². The van der Waals surface area contributed by atoms with Gasteiger partial charge in [0.25, 0.3) is 5.91 Å². The molecule has 0 bridgehead atoms. The molecule has 1 saturated heterocycles. The Morgan fingerprint density at radius 2 is 1.86 bits per heavy atom. The predicted octanol–water partition coefficient (Wildman–Crippen LogP) is 1.87. The van der Waals surface area contributed by atoms with E-state index >= 15 is 0 Å². The van der Waals surface area contributed by atoms with Crippen LogP contribution in [0, 0.1) is 5.41 Å². The lowest BCUT2D eigenvalue weighted by Crippen LogP contribution is -2.47. The SMILES string of the molecule is O=C(c1ccccc1O)N1CCC(C(=O)O)(C(F)(F)F)C1. The van der Waals surface area contributed by atoms with Crippen LogP contribution in [0.5, 0.6) is 5.75 Å². The second-order valence-corrected chi connectivity index (χ2v) is 4.88. The molecule has 0 aliphatic carbocycles. The molecule has 5 nitrogen and oxygen atoms in total. The smallest absolute Gasteiger partial charge is 0.406 e. The van der Waals surface area contributed by atoms with Crippen molar-refractivity contribution in [2.75, 3.05) is 13.1 Å². The van der Waals surface area contributed by atoms with E-state index < -0.39 is 36.4 Å². The largest absolute Gasteiger partial charge is 0.507 e. The molecule has 0 radical (unpaired) electrons. The number of carbonyl (C=O) groups excluding carboxylic acids is 1. The van der Waals surface area contributed by atoms with Crippen molar-refractivity contribution in [1.82, 2.24) is 4.90 Å². The van der Waals surface area contributed by atoms with Crippen LogP contribution in [0.15, 0.2) is 24.3 Å². The third-order valence-corrected chi connectivity index (χ3v) is 3.64. The van der Waals surface area contributed by atoms with E-state index in [1.807, 2.05) is 0 Å². The third kappa shape index (κ3) is 2.41. The van der Waals surface area contributed by atoms with Crippen LogP contribution in [0.3, 0.4) is 0 Å². The van der Waals surface area contributed by atoms with Gasteiger partial charge in [-0.05, 0) is 18.6 Å². The highest BCUT2D eigenvalue weighted by Crippen LogP contribution is 2.46. The van der Waals surface area contributed by atoms with E-state index in [0.29, 0.717) is 0 Å². The zero-order valence-corrected chi connectivity index (χ0v) is 10.7. The molecule has 0 aromatic heterocycles. The van der Waals surface area contributed by atoms with Crippen LogP contribution in [-0.4, -0.2) is 46.3 Å². The summed E-state index contributed by atoms with van der Waals surface area (Å²) in [7, 11) is 0. The van der Waals surface area contributed by atoms with Gasteiger partial charge in [-0.15, -0.1) is 0 Å². The number of phenols is 1. The van der Waals surface area contributed by atoms with Crippen molar-refractivity contribution in [3.8, 4) is 5.75 Å². The van der Waals surface area contributed by atoms with E-state index in [-0.39, 0.29) is 17.9 Å². The molecule has 1 aliphatic heterocycles. The van der Waals surface area contributed by atoms with Gasteiger partial charge in [0.1, 0.15) is 5.75 Å². The van der Waals surface area contributed by atoms with Crippen LogP contribution in [0.25, 0.3) is 0 Å². The molecule has 1 aromatic rings. The molecule has 0 saturated carbocycles. The summed E-state index contributed by atoms with van der Waals surface area (Å²) in [6.07, 6.45) is -5.65. The van der Waals surface area contributed by atoms with Crippen molar-refractivity contribution in [2.24, 2.45) is 5.41 Å². The van der Waals surface area contributed by atoms with Gasteiger partial charge in [0, 0.05) is 13.1 Å². The summed E-state index contributed by atoms with van der Waals surface area (Å²) in [5.41, 5.74) is -3.10. The van der Waals surface area contributed by atoms with Crippen LogP contribution in [0.2, 0.25) is 0 Å². The lowest BCUT2D eigenvalue weighted by Gasteiger charge is -2.27. The first-order valence-corrected chi connectivity index (χ1v) is 6.06. The summed E-state index contributed by atoms with van der Waals surface area (Å²) in [5.74, 6) is -3.18. The Balaban J connectivity index is 2.28. The van der Waals surface area contributed by atoms with Gasteiger partial charge in [-0.25, -0.2) is 0 Å². The van der Waals surface area contributed by atoms with Gasteiger partial charge in [0.05, 0.1) is 5.56 Å². The first-order chi connectivity index (χ1) is 9.69. The Hall–Kier alpha value is -2.25. The van der Waals surface area contributed by atoms with Gasteiger partial charge in [0.2, 0.25) is 0 Å². The number of likely N-dealkylation sites (tertiary alicyclic amines) is 1. The Bertz CT molecular complexity index is 587. The summed E-state index contributed by atoms with van der Waals surface area (Å²) < 4.78 is 39.1. The molecule has 1 heterocycles. The average molecular weight is 303 g/mol. The van der Waals surface area contributed by atoms with Gasteiger partial charge in [-0.1, -0.05) is 12.1 Å². The second kappa shape index (κ2) is 4.94. The minimum absolute atomic E-state index is 0.152. The first kappa shape index (κ1) is 15.1. The lowest BCUT2D eigenvalue weighted by molar-refractivity contribution is -0.227. The number of rotatable bonds is 2. The molecule has 1 atom stereocenters. The van der Waals surface area contributed by atoms with Gasteiger partial charge in [-0.2, -0.15) is 13.2 Å². The van der Waals surface area contributed by atoms with E-state index in [2.05, 4.69) is 0 Å². The van der Waals surface area contributed by atoms with Gasteiger partial charge >= 0.3 is 12.1 Å². The van der Waals surface area contributed by atoms with Crippen molar-refractivity contribution in [1.29, 1.82) is 0 Å². The molecule has 2 N–H and O–H groups in total. The molecule has 1 aliphatic rings. The number of hydrogen-bond acceptors (Lipinski definition) is 3. The number of phenolic OH excluding ortho intramolecular Hbond substituents is 1. The van der Waals surface area contributed by atoms with Crippen LogP contribution in [0.1, 0.15) is 16.8 Å². The maximum atomic E-state index is 13.0. The number of halogens is 3. The lowest BCUT2D eigenvalue weighted by atomic mass is 9.86. The molecule has 1 aromatic carbocycles. The Kier molecular flexibility index (Phi) is 3.56. The zero-order valence-electron chi connectivity index (χ0n) is 10.7. The number of alkyl halides is 3. The quantitative estimate of drug-likeness (QED) is 0.874. The number of para-hydroxylation sites is 1. The van der Waals surface area contributed by atoms with Crippen LogP contribution in [0.4, 0.5) is 13.2 Å². The number of carbonyl (C=O) groups is 2. The molecular formula is C13H12F3NO4. The summed E-state index contributed by atoms with van der Waals surface area (Å²) in [6, 6.07) is 5.42. The molecule has 8 heteroatoms. The van der Waals surface area contributed by atoms with Crippen molar-refractivity contribution in [2.45, 2.75) is 12.6 Å². The topological polar surface area (TPSA) is 77.8 Å². The number of amides is 1. The molecule has 1 amide bonds. The molecule has 0 spiro atoms. The predicted molar refractivity (Wildman–Crippen MR) is 64.8 cm³/mol. The number of aromatic hydroxyl groups is 1. The fourth-order valence-electron chi connectivity index (χ4n) is 2.34.